The monoisotopic (exact) mass is 351 g/mol. The number of thioether (sulfide) groups is 1. The zero-order valence-electron chi connectivity index (χ0n) is 11.6. The Hall–Kier alpha value is -0.940. The molecule has 0 spiro atoms. The highest BCUT2D eigenvalue weighted by Gasteiger charge is 2.24. The molecule has 2 atom stereocenters. The van der Waals surface area contributed by atoms with Gasteiger partial charge in [-0.05, 0) is 34.1 Å². The van der Waals surface area contributed by atoms with Crippen LogP contribution < -0.4 is 10.6 Å². The van der Waals surface area contributed by atoms with Crippen LogP contribution in [0.5, 0.6) is 0 Å². The number of nitrogens with zero attached hydrogens (tertiary/aromatic N) is 2. The minimum atomic E-state index is 0.641. The van der Waals surface area contributed by atoms with Crippen LogP contribution in [-0.2, 0) is 0 Å². The molecule has 2 aromatic rings. The lowest BCUT2D eigenvalue weighted by molar-refractivity contribution is 0.730. The van der Waals surface area contributed by atoms with Crippen LogP contribution in [0, 0.1) is 0 Å². The van der Waals surface area contributed by atoms with E-state index in [1.54, 1.807) is 0 Å². The van der Waals surface area contributed by atoms with Crippen molar-refractivity contribution >= 4 is 50.0 Å². The first kappa shape index (κ1) is 14.0. The van der Waals surface area contributed by atoms with Crippen molar-refractivity contribution < 1.29 is 0 Å². The smallest absolute Gasteiger partial charge is 0.0956 e. The number of nitrogen functional groups attached to an aromatic ring is 1. The predicted octanol–water partition coefficient (Wildman–Crippen LogP) is 3.91. The molecular formula is C15H18BrN3S. The van der Waals surface area contributed by atoms with E-state index >= 15 is 0 Å². The summed E-state index contributed by atoms with van der Waals surface area (Å²) in [5.74, 6) is 0. The summed E-state index contributed by atoms with van der Waals surface area (Å²) < 4.78 is 0.963. The maximum absolute atomic E-state index is 6.09. The Balaban J connectivity index is 2.10. The van der Waals surface area contributed by atoms with Gasteiger partial charge in [-0.2, -0.15) is 11.8 Å². The summed E-state index contributed by atoms with van der Waals surface area (Å²) in [5.41, 5.74) is 9.07. The summed E-state index contributed by atoms with van der Waals surface area (Å²) >= 11 is 5.53. The van der Waals surface area contributed by atoms with Gasteiger partial charge in [-0.3, -0.25) is 4.98 Å². The van der Waals surface area contributed by atoms with Crippen LogP contribution in [0.1, 0.15) is 13.8 Å². The van der Waals surface area contributed by atoms with Crippen LogP contribution >= 0.6 is 27.7 Å². The summed E-state index contributed by atoms with van der Waals surface area (Å²) in [6.45, 7) is 6.70. The molecule has 5 heteroatoms. The Morgan fingerprint density at radius 1 is 1.30 bits per heavy atom. The highest BCUT2D eigenvalue weighted by Crippen LogP contribution is 2.35. The molecule has 1 saturated heterocycles. The third kappa shape index (κ3) is 2.61. The van der Waals surface area contributed by atoms with Crippen molar-refractivity contribution in [2.75, 3.05) is 23.7 Å². The van der Waals surface area contributed by atoms with Crippen LogP contribution in [0.25, 0.3) is 10.9 Å². The molecule has 0 bridgehead atoms. The first-order chi connectivity index (χ1) is 9.54. The van der Waals surface area contributed by atoms with Crippen molar-refractivity contribution in [1.29, 1.82) is 0 Å². The highest BCUT2D eigenvalue weighted by atomic mass is 79.9. The second kappa shape index (κ2) is 5.45. The maximum atomic E-state index is 6.09. The Bertz CT molecular complexity index is 636. The van der Waals surface area contributed by atoms with E-state index < -0.39 is 0 Å². The third-order valence-corrected chi connectivity index (χ3v) is 5.25. The largest absolute Gasteiger partial charge is 0.398 e. The molecule has 1 fully saturated rings. The molecule has 1 aliphatic heterocycles. The fourth-order valence-corrected chi connectivity index (χ4v) is 4.49. The second-order valence-corrected chi connectivity index (χ2v) is 8.18. The lowest BCUT2D eigenvalue weighted by Crippen LogP contribution is -2.40. The Morgan fingerprint density at radius 3 is 2.70 bits per heavy atom. The molecule has 0 saturated carbocycles. The SMILES string of the molecule is CC1CN(c2ccc(N)c3cc(Br)cnc23)CC(C)S1. The van der Waals surface area contributed by atoms with Gasteiger partial charge in [0.1, 0.15) is 0 Å². The molecule has 0 radical (unpaired) electrons. The van der Waals surface area contributed by atoms with Crippen LogP contribution in [-0.4, -0.2) is 28.6 Å². The summed E-state index contributed by atoms with van der Waals surface area (Å²) in [5, 5.41) is 2.30. The van der Waals surface area contributed by atoms with Crippen LogP contribution in [0.2, 0.25) is 0 Å². The summed E-state index contributed by atoms with van der Waals surface area (Å²) in [4.78, 5) is 7.03. The molecule has 1 aromatic heterocycles. The van der Waals surface area contributed by atoms with E-state index in [9.17, 15) is 0 Å². The maximum Gasteiger partial charge on any atom is 0.0956 e. The number of halogens is 1. The van der Waals surface area contributed by atoms with Gasteiger partial charge in [-0.25, -0.2) is 0 Å². The van der Waals surface area contributed by atoms with E-state index in [1.807, 2.05) is 18.3 Å². The Kier molecular flexibility index (Phi) is 3.82. The molecule has 20 heavy (non-hydrogen) atoms. The van der Waals surface area contributed by atoms with Crippen molar-refractivity contribution in [2.24, 2.45) is 0 Å². The number of hydrogen-bond acceptors (Lipinski definition) is 4. The van der Waals surface area contributed by atoms with Gasteiger partial charge in [-0.15, -0.1) is 0 Å². The Morgan fingerprint density at radius 2 is 2.00 bits per heavy atom. The second-order valence-electron chi connectivity index (χ2n) is 5.39. The van der Waals surface area contributed by atoms with E-state index in [0.717, 1.165) is 34.2 Å². The van der Waals surface area contributed by atoms with E-state index in [2.05, 4.69) is 57.5 Å². The molecular weight excluding hydrogens is 334 g/mol. The van der Waals surface area contributed by atoms with Crippen molar-refractivity contribution in [3.8, 4) is 0 Å². The predicted molar refractivity (Wildman–Crippen MR) is 92.6 cm³/mol. The number of fused-ring (bicyclic) bond motifs is 1. The number of aromatic nitrogens is 1. The summed E-state index contributed by atoms with van der Waals surface area (Å²) in [7, 11) is 0. The number of rotatable bonds is 1. The zero-order chi connectivity index (χ0) is 14.3. The van der Waals surface area contributed by atoms with Crippen molar-refractivity contribution in [3.05, 3.63) is 28.9 Å². The van der Waals surface area contributed by atoms with E-state index in [-0.39, 0.29) is 0 Å². The number of nitrogens with two attached hydrogens (primary N) is 1. The van der Waals surface area contributed by atoms with Gasteiger partial charge in [0.2, 0.25) is 0 Å². The molecule has 3 rings (SSSR count). The molecule has 2 heterocycles. The van der Waals surface area contributed by atoms with Gasteiger partial charge in [0.25, 0.3) is 0 Å². The van der Waals surface area contributed by atoms with Crippen LogP contribution in [0.3, 0.4) is 0 Å². The topological polar surface area (TPSA) is 42.1 Å². The van der Waals surface area contributed by atoms with Gasteiger partial charge < -0.3 is 10.6 Å². The lowest BCUT2D eigenvalue weighted by Gasteiger charge is -2.36. The van der Waals surface area contributed by atoms with E-state index in [0.29, 0.717) is 10.5 Å². The van der Waals surface area contributed by atoms with Crippen molar-refractivity contribution in [1.82, 2.24) is 4.98 Å². The van der Waals surface area contributed by atoms with Gasteiger partial charge in [0.15, 0.2) is 0 Å². The number of hydrogen-bond donors (Lipinski definition) is 1. The molecule has 0 amide bonds. The molecule has 106 valence electrons. The fraction of sp³-hybridized carbons (Fsp3) is 0.400. The van der Waals surface area contributed by atoms with Gasteiger partial charge in [0.05, 0.1) is 11.2 Å². The minimum absolute atomic E-state index is 0.641. The van der Waals surface area contributed by atoms with E-state index in [1.165, 1.54) is 5.69 Å². The molecule has 2 unspecified atom stereocenters. The summed E-state index contributed by atoms with van der Waals surface area (Å²) in [6, 6.07) is 6.14. The molecule has 0 aliphatic carbocycles. The average Bonchev–Trinajstić information content (AvgIpc) is 2.38. The zero-order valence-corrected chi connectivity index (χ0v) is 14.0. The summed E-state index contributed by atoms with van der Waals surface area (Å²) in [6.07, 6.45) is 1.84. The fourth-order valence-electron chi connectivity index (χ4n) is 2.83. The van der Waals surface area contributed by atoms with Gasteiger partial charge in [0, 0.05) is 45.3 Å². The Labute approximate surface area is 132 Å². The average molecular weight is 352 g/mol. The van der Waals surface area contributed by atoms with Gasteiger partial charge >= 0.3 is 0 Å². The highest BCUT2D eigenvalue weighted by molar-refractivity contribution is 9.10. The standard InChI is InChI=1S/C15H18BrN3S/c1-9-7-19(8-10(2)20-9)14-4-3-13(17)12-5-11(16)6-18-15(12)14/h3-6,9-10H,7-8,17H2,1-2H3. The number of pyridine rings is 1. The molecule has 1 aromatic carbocycles. The van der Waals surface area contributed by atoms with Gasteiger partial charge in [-0.1, -0.05) is 13.8 Å². The first-order valence-corrected chi connectivity index (χ1v) is 8.52. The van der Waals surface area contributed by atoms with Crippen molar-refractivity contribution in [2.45, 2.75) is 24.3 Å². The van der Waals surface area contributed by atoms with Crippen LogP contribution in [0.4, 0.5) is 11.4 Å². The number of benzene rings is 1. The first-order valence-electron chi connectivity index (χ1n) is 6.78. The molecule has 3 nitrogen and oxygen atoms in total. The van der Waals surface area contributed by atoms with E-state index in [4.69, 9.17) is 5.73 Å². The third-order valence-electron chi connectivity index (χ3n) is 3.59. The molecule has 1 aliphatic rings. The molecule has 2 N–H and O–H groups in total. The van der Waals surface area contributed by atoms with Crippen molar-refractivity contribution in [3.63, 3.8) is 0 Å². The normalized spacial score (nSPS) is 23.2. The number of anilines is 2. The van der Waals surface area contributed by atoms with Crippen LogP contribution in [0.15, 0.2) is 28.9 Å². The minimum Gasteiger partial charge on any atom is -0.398 e. The lowest BCUT2D eigenvalue weighted by atomic mass is 10.1. The quantitative estimate of drug-likeness (QED) is 0.791.